The molecule has 2 amide bonds. The molecule has 3 aliphatic rings. The van der Waals surface area contributed by atoms with E-state index in [4.69, 9.17) is 4.52 Å². The number of carbonyl (C=O) groups excluding carboxylic acids is 2. The first-order chi connectivity index (χ1) is 12.7. The first kappa shape index (κ1) is 16.8. The van der Waals surface area contributed by atoms with E-state index in [1.165, 1.54) is 6.20 Å². The van der Waals surface area contributed by atoms with Gasteiger partial charge >= 0.3 is 0 Å². The normalized spacial score (nSPS) is 22.6. The smallest absolute Gasteiger partial charge is 0.259 e. The van der Waals surface area contributed by atoms with Crippen molar-refractivity contribution in [2.24, 2.45) is 5.92 Å². The van der Waals surface area contributed by atoms with Crippen LogP contribution in [0.15, 0.2) is 41.1 Å². The predicted octanol–water partition coefficient (Wildman–Crippen LogP) is 2.81. The zero-order valence-corrected chi connectivity index (χ0v) is 14.9. The minimum absolute atomic E-state index is 0.0933. The number of amides is 2. The van der Waals surface area contributed by atoms with Gasteiger partial charge in [0.25, 0.3) is 5.91 Å². The molecule has 136 valence electrons. The number of rotatable bonds is 4. The van der Waals surface area contributed by atoms with E-state index in [1.54, 1.807) is 0 Å². The van der Waals surface area contributed by atoms with Gasteiger partial charge in [0, 0.05) is 31.2 Å². The van der Waals surface area contributed by atoms with Crippen molar-refractivity contribution < 1.29 is 14.1 Å². The minimum Gasteiger partial charge on any atom is -0.355 e. The molecule has 2 atom stereocenters. The van der Waals surface area contributed by atoms with E-state index in [1.807, 2.05) is 40.1 Å². The number of benzene rings is 1. The summed E-state index contributed by atoms with van der Waals surface area (Å²) in [5, 5.41) is 3.85. The summed E-state index contributed by atoms with van der Waals surface area (Å²) in [6.07, 6.45) is 4.26. The maximum absolute atomic E-state index is 13.2. The van der Waals surface area contributed by atoms with Crippen molar-refractivity contribution >= 4 is 11.8 Å². The van der Waals surface area contributed by atoms with Gasteiger partial charge in [0.05, 0.1) is 12.1 Å². The van der Waals surface area contributed by atoms with Crippen LogP contribution in [0.25, 0.3) is 11.3 Å². The van der Waals surface area contributed by atoms with Gasteiger partial charge in [0.2, 0.25) is 5.91 Å². The number of hydrogen-bond donors (Lipinski definition) is 0. The lowest BCUT2D eigenvalue weighted by Crippen LogP contribution is -2.48. The van der Waals surface area contributed by atoms with Crippen molar-refractivity contribution in [3.63, 3.8) is 0 Å². The van der Waals surface area contributed by atoms with Crippen molar-refractivity contribution in [2.75, 3.05) is 19.6 Å². The number of fused-ring (bicyclic) bond motifs is 4. The van der Waals surface area contributed by atoms with E-state index in [2.05, 4.69) is 12.1 Å². The molecule has 5 rings (SSSR count). The van der Waals surface area contributed by atoms with Crippen LogP contribution in [0, 0.1) is 5.92 Å². The fraction of sp³-hybridized carbons (Fsp3) is 0.450. The Bertz CT molecular complexity index is 802. The average molecular weight is 353 g/mol. The lowest BCUT2D eigenvalue weighted by molar-refractivity contribution is -0.139. The van der Waals surface area contributed by atoms with Crippen LogP contribution in [0.5, 0.6) is 0 Å². The van der Waals surface area contributed by atoms with Crippen molar-refractivity contribution in [3.05, 3.63) is 42.1 Å². The second kappa shape index (κ2) is 6.94. The molecule has 0 saturated carbocycles. The summed E-state index contributed by atoms with van der Waals surface area (Å²) in [6, 6.07) is 9.64. The van der Waals surface area contributed by atoms with Gasteiger partial charge < -0.3 is 14.3 Å². The summed E-state index contributed by atoms with van der Waals surface area (Å²) in [5.74, 6) is 0.494. The number of nitrogens with zero attached hydrogens (tertiary/aromatic N) is 3. The molecular weight excluding hydrogens is 330 g/mol. The molecule has 3 aliphatic heterocycles. The van der Waals surface area contributed by atoms with E-state index < -0.39 is 0 Å². The van der Waals surface area contributed by atoms with E-state index in [-0.39, 0.29) is 23.8 Å². The molecule has 1 aromatic carbocycles. The van der Waals surface area contributed by atoms with E-state index >= 15 is 0 Å². The van der Waals surface area contributed by atoms with E-state index in [0.717, 1.165) is 31.4 Å². The maximum atomic E-state index is 13.2. The van der Waals surface area contributed by atoms with Gasteiger partial charge in [-0.25, -0.2) is 0 Å². The largest absolute Gasteiger partial charge is 0.355 e. The van der Waals surface area contributed by atoms with E-state index in [0.29, 0.717) is 24.4 Å². The Labute approximate surface area is 152 Å². The lowest BCUT2D eigenvalue weighted by atomic mass is 9.94. The quantitative estimate of drug-likeness (QED) is 0.848. The fourth-order valence-electron chi connectivity index (χ4n) is 4.10. The zero-order valence-electron chi connectivity index (χ0n) is 14.9. The van der Waals surface area contributed by atoms with Gasteiger partial charge in [-0.1, -0.05) is 42.4 Å². The number of carbonyl (C=O) groups is 2. The molecule has 2 bridgehead atoms. The van der Waals surface area contributed by atoms with Gasteiger partial charge in [-0.15, -0.1) is 0 Å². The molecule has 0 aliphatic carbocycles. The number of piperidine rings is 1. The third kappa shape index (κ3) is 2.89. The van der Waals surface area contributed by atoms with Gasteiger partial charge in [0.1, 0.15) is 5.56 Å². The minimum atomic E-state index is -0.104. The molecular formula is C20H23N3O3. The average Bonchev–Trinajstić information content (AvgIpc) is 3.00. The van der Waals surface area contributed by atoms with Crippen molar-refractivity contribution in [2.45, 2.75) is 32.2 Å². The van der Waals surface area contributed by atoms with Crippen molar-refractivity contribution in [1.29, 1.82) is 0 Å². The van der Waals surface area contributed by atoms with Crippen LogP contribution in [-0.2, 0) is 4.79 Å². The van der Waals surface area contributed by atoms with E-state index in [9.17, 15) is 9.59 Å². The molecule has 6 nitrogen and oxygen atoms in total. The Hall–Kier alpha value is -2.63. The monoisotopic (exact) mass is 353 g/mol. The Balaban J connectivity index is 1.61. The van der Waals surface area contributed by atoms with Crippen LogP contribution in [0.4, 0.5) is 0 Å². The predicted molar refractivity (Wildman–Crippen MR) is 96.4 cm³/mol. The van der Waals surface area contributed by atoms with Gasteiger partial charge in [-0.2, -0.15) is 0 Å². The Morgan fingerprint density at radius 2 is 2.04 bits per heavy atom. The summed E-state index contributed by atoms with van der Waals surface area (Å²) in [5.41, 5.74) is 1.29. The highest BCUT2D eigenvalue weighted by Crippen LogP contribution is 2.31. The third-order valence-electron chi connectivity index (χ3n) is 5.38. The molecule has 3 fully saturated rings. The van der Waals surface area contributed by atoms with Crippen molar-refractivity contribution in [1.82, 2.24) is 15.0 Å². The first-order valence-corrected chi connectivity index (χ1v) is 9.29. The molecule has 0 unspecified atom stereocenters. The molecule has 4 heterocycles. The SMILES string of the molecule is CCCN1C(=O)[C@H]2CC[C@@H]1CN(C(=O)c1cnoc1-c1ccccc1)C2. The topological polar surface area (TPSA) is 66.7 Å². The molecule has 1 aromatic heterocycles. The van der Waals surface area contributed by atoms with Crippen LogP contribution < -0.4 is 0 Å². The highest BCUT2D eigenvalue weighted by molar-refractivity contribution is 5.99. The molecule has 26 heavy (non-hydrogen) atoms. The third-order valence-corrected chi connectivity index (χ3v) is 5.38. The van der Waals surface area contributed by atoms with Crippen LogP contribution in [0.1, 0.15) is 36.5 Å². The lowest BCUT2D eigenvalue weighted by Gasteiger charge is -2.35. The molecule has 0 N–H and O–H groups in total. The van der Waals surface area contributed by atoms with Gasteiger partial charge in [-0.3, -0.25) is 9.59 Å². The van der Waals surface area contributed by atoms with Crippen LogP contribution in [0.3, 0.4) is 0 Å². The summed E-state index contributed by atoms with van der Waals surface area (Å²) >= 11 is 0. The maximum Gasteiger partial charge on any atom is 0.259 e. The zero-order chi connectivity index (χ0) is 18.1. The second-order valence-electron chi connectivity index (χ2n) is 7.10. The summed E-state index contributed by atoms with van der Waals surface area (Å²) in [4.78, 5) is 29.7. The molecule has 0 spiro atoms. The molecule has 3 saturated heterocycles. The van der Waals surface area contributed by atoms with Crippen LogP contribution >= 0.6 is 0 Å². The highest BCUT2D eigenvalue weighted by atomic mass is 16.5. The van der Waals surface area contributed by atoms with Crippen LogP contribution in [0.2, 0.25) is 0 Å². The first-order valence-electron chi connectivity index (χ1n) is 9.29. The Kier molecular flexibility index (Phi) is 4.49. The molecule has 6 heteroatoms. The number of aromatic nitrogens is 1. The fourth-order valence-corrected chi connectivity index (χ4v) is 4.10. The number of hydrogen-bond acceptors (Lipinski definition) is 4. The standard InChI is InChI=1S/C20H23N3O3/c1-2-10-23-16-9-8-15(19(23)24)12-22(13-16)20(25)17-11-21-26-18(17)14-6-4-3-5-7-14/h3-7,11,15-16H,2,8-10,12-13H2,1H3/t15-,16+/m0/s1. The Morgan fingerprint density at radius 3 is 2.81 bits per heavy atom. The summed E-state index contributed by atoms with van der Waals surface area (Å²) < 4.78 is 5.37. The molecule has 2 aromatic rings. The highest BCUT2D eigenvalue weighted by Gasteiger charge is 2.42. The molecule has 0 radical (unpaired) electrons. The van der Waals surface area contributed by atoms with Gasteiger partial charge in [0.15, 0.2) is 5.76 Å². The second-order valence-corrected chi connectivity index (χ2v) is 7.10. The summed E-state index contributed by atoms with van der Waals surface area (Å²) in [7, 11) is 0. The van der Waals surface area contributed by atoms with Crippen LogP contribution in [-0.4, -0.2) is 52.4 Å². The Morgan fingerprint density at radius 1 is 1.23 bits per heavy atom. The van der Waals surface area contributed by atoms with Gasteiger partial charge in [-0.05, 0) is 19.3 Å². The van der Waals surface area contributed by atoms with Crippen molar-refractivity contribution in [3.8, 4) is 11.3 Å². The summed E-state index contributed by atoms with van der Waals surface area (Å²) in [6.45, 7) is 3.91.